The third kappa shape index (κ3) is 3.04. The highest BCUT2D eigenvalue weighted by Crippen LogP contribution is 2.21. The van der Waals surface area contributed by atoms with Crippen LogP contribution in [0, 0.1) is 13.8 Å². The van der Waals surface area contributed by atoms with Gasteiger partial charge in [0.05, 0.1) is 6.61 Å². The van der Waals surface area contributed by atoms with Crippen LogP contribution in [-0.4, -0.2) is 37.4 Å². The molecule has 0 unspecified atom stereocenters. The predicted molar refractivity (Wildman–Crippen MR) is 72.2 cm³/mol. The number of aromatic nitrogens is 4. The molecule has 0 amide bonds. The molecule has 0 spiro atoms. The first kappa shape index (κ1) is 13.8. The molecule has 0 radical (unpaired) electrons. The van der Waals surface area contributed by atoms with Crippen molar-refractivity contribution in [1.29, 1.82) is 0 Å². The minimum Gasteiger partial charge on any atom is -0.465 e. The van der Waals surface area contributed by atoms with E-state index in [0.29, 0.717) is 17.5 Å². The highest BCUT2D eigenvalue weighted by Gasteiger charge is 2.18. The molecule has 0 N–H and O–H groups in total. The molecule has 0 saturated heterocycles. The van der Waals surface area contributed by atoms with Crippen LogP contribution in [0.4, 0.5) is 0 Å². The molecule has 0 fully saturated rings. The van der Waals surface area contributed by atoms with Crippen LogP contribution in [0.5, 0.6) is 0 Å². The van der Waals surface area contributed by atoms with Gasteiger partial charge < -0.3 is 4.74 Å². The number of esters is 1. The molecular formula is C12H16N4O2S. The Balaban J connectivity index is 2.22. The van der Waals surface area contributed by atoms with Crippen molar-refractivity contribution in [1.82, 2.24) is 19.6 Å². The summed E-state index contributed by atoms with van der Waals surface area (Å²) in [6, 6.07) is 1.94. The summed E-state index contributed by atoms with van der Waals surface area (Å²) >= 11 is 1.27. The van der Waals surface area contributed by atoms with Crippen LogP contribution < -0.4 is 0 Å². The number of ether oxygens (including phenoxy) is 1. The molecule has 1 atom stereocenters. The Labute approximate surface area is 115 Å². The first-order chi connectivity index (χ1) is 9.01. The fraction of sp³-hybridized carbons (Fsp3) is 0.500. The molecule has 0 saturated carbocycles. The van der Waals surface area contributed by atoms with Crippen LogP contribution in [-0.2, 0) is 9.53 Å². The molecule has 0 aromatic carbocycles. The van der Waals surface area contributed by atoms with E-state index >= 15 is 0 Å². The molecule has 7 heteroatoms. The minimum absolute atomic E-state index is 0.257. The normalized spacial score (nSPS) is 12.6. The predicted octanol–water partition coefficient (Wildman–Crippen LogP) is 1.78. The average Bonchev–Trinajstić information content (AvgIpc) is 2.72. The van der Waals surface area contributed by atoms with Gasteiger partial charge in [-0.3, -0.25) is 4.79 Å². The van der Waals surface area contributed by atoms with Crippen molar-refractivity contribution in [3.05, 3.63) is 17.5 Å². The van der Waals surface area contributed by atoms with Crippen molar-refractivity contribution >= 4 is 23.5 Å². The molecule has 0 aliphatic rings. The fourth-order valence-electron chi connectivity index (χ4n) is 1.66. The van der Waals surface area contributed by atoms with Crippen LogP contribution in [0.2, 0.25) is 0 Å². The van der Waals surface area contributed by atoms with Crippen LogP contribution in [0.1, 0.15) is 25.2 Å². The standard InChI is InChI=1S/C12H16N4O2S/c1-5-18-10(17)9(4)19-12-14-11-13-7(2)6-8(3)16(11)15-12/h6,9H,5H2,1-4H3/t9-/m0/s1. The number of hydrogen-bond donors (Lipinski definition) is 0. The van der Waals surface area contributed by atoms with Crippen molar-refractivity contribution in [2.24, 2.45) is 0 Å². The minimum atomic E-state index is -0.334. The summed E-state index contributed by atoms with van der Waals surface area (Å²) < 4.78 is 6.63. The van der Waals surface area contributed by atoms with E-state index in [1.807, 2.05) is 19.9 Å². The number of rotatable bonds is 4. The first-order valence-corrected chi connectivity index (χ1v) is 6.93. The van der Waals surface area contributed by atoms with Crippen LogP contribution >= 0.6 is 11.8 Å². The van der Waals surface area contributed by atoms with Crippen molar-refractivity contribution in [2.75, 3.05) is 6.61 Å². The van der Waals surface area contributed by atoms with E-state index in [4.69, 9.17) is 4.74 Å². The van der Waals surface area contributed by atoms with Gasteiger partial charge >= 0.3 is 5.97 Å². The van der Waals surface area contributed by atoms with Gasteiger partial charge in [0.1, 0.15) is 5.25 Å². The summed E-state index contributed by atoms with van der Waals surface area (Å²) in [6.07, 6.45) is 0. The average molecular weight is 280 g/mol. The van der Waals surface area contributed by atoms with Gasteiger partial charge in [-0.15, -0.1) is 5.10 Å². The van der Waals surface area contributed by atoms with Gasteiger partial charge in [-0.25, -0.2) is 9.50 Å². The second kappa shape index (κ2) is 5.56. The lowest BCUT2D eigenvalue weighted by molar-refractivity contribution is -0.142. The molecule has 2 rings (SSSR count). The van der Waals surface area contributed by atoms with Gasteiger partial charge in [0.25, 0.3) is 5.78 Å². The molecule has 0 aliphatic carbocycles. The van der Waals surface area contributed by atoms with Gasteiger partial charge in [0.15, 0.2) is 0 Å². The third-order valence-electron chi connectivity index (χ3n) is 2.50. The lowest BCUT2D eigenvalue weighted by Crippen LogP contribution is -2.16. The van der Waals surface area contributed by atoms with Crippen LogP contribution in [0.15, 0.2) is 11.2 Å². The number of aryl methyl sites for hydroxylation is 2. The van der Waals surface area contributed by atoms with E-state index in [1.165, 1.54) is 11.8 Å². The topological polar surface area (TPSA) is 69.4 Å². The maximum Gasteiger partial charge on any atom is 0.319 e. The second-order valence-corrected chi connectivity index (χ2v) is 5.47. The highest BCUT2D eigenvalue weighted by molar-refractivity contribution is 8.00. The third-order valence-corrected chi connectivity index (χ3v) is 3.43. The van der Waals surface area contributed by atoms with E-state index in [1.54, 1.807) is 18.4 Å². The molecule has 6 nitrogen and oxygen atoms in total. The molecule has 2 heterocycles. The van der Waals surface area contributed by atoms with Gasteiger partial charge in [0.2, 0.25) is 5.16 Å². The quantitative estimate of drug-likeness (QED) is 0.628. The Kier molecular flexibility index (Phi) is 4.04. The summed E-state index contributed by atoms with van der Waals surface area (Å²) in [5.74, 6) is 0.295. The summed E-state index contributed by atoms with van der Waals surface area (Å²) in [5.41, 5.74) is 1.86. The van der Waals surface area contributed by atoms with Gasteiger partial charge in [-0.05, 0) is 33.8 Å². The van der Waals surface area contributed by atoms with Crippen molar-refractivity contribution in [3.63, 3.8) is 0 Å². The summed E-state index contributed by atoms with van der Waals surface area (Å²) in [6.45, 7) is 7.80. The van der Waals surface area contributed by atoms with Gasteiger partial charge in [-0.2, -0.15) is 4.98 Å². The van der Waals surface area contributed by atoms with Gasteiger partial charge in [-0.1, -0.05) is 11.8 Å². The summed E-state index contributed by atoms with van der Waals surface area (Å²) in [4.78, 5) is 20.2. The first-order valence-electron chi connectivity index (χ1n) is 6.05. The van der Waals surface area contributed by atoms with E-state index in [2.05, 4.69) is 15.1 Å². The Morgan fingerprint density at radius 2 is 2.21 bits per heavy atom. The molecule has 102 valence electrons. The monoisotopic (exact) mass is 280 g/mol. The Morgan fingerprint density at radius 1 is 1.47 bits per heavy atom. The van der Waals surface area contributed by atoms with Crippen molar-refractivity contribution in [3.8, 4) is 0 Å². The van der Waals surface area contributed by atoms with Crippen molar-refractivity contribution < 1.29 is 9.53 Å². The van der Waals surface area contributed by atoms with Crippen molar-refractivity contribution in [2.45, 2.75) is 38.1 Å². The molecule has 2 aromatic rings. The zero-order valence-electron chi connectivity index (χ0n) is 11.4. The number of carbonyl (C=O) groups excluding carboxylic acids is 1. The molecule has 2 aromatic heterocycles. The number of thioether (sulfide) groups is 1. The number of fused-ring (bicyclic) bond motifs is 1. The molecule has 0 aliphatic heterocycles. The molecule has 19 heavy (non-hydrogen) atoms. The summed E-state index contributed by atoms with van der Waals surface area (Å²) in [5, 5.41) is 4.53. The second-order valence-electron chi connectivity index (χ2n) is 4.16. The highest BCUT2D eigenvalue weighted by atomic mass is 32.2. The van der Waals surface area contributed by atoms with E-state index in [-0.39, 0.29) is 11.2 Å². The Hall–Kier alpha value is -1.63. The maximum absolute atomic E-state index is 11.6. The maximum atomic E-state index is 11.6. The number of carbonyl (C=O) groups is 1. The van der Waals surface area contributed by atoms with Crippen LogP contribution in [0.25, 0.3) is 5.78 Å². The van der Waals surface area contributed by atoms with E-state index in [9.17, 15) is 4.79 Å². The van der Waals surface area contributed by atoms with E-state index in [0.717, 1.165) is 11.4 Å². The SMILES string of the molecule is CCOC(=O)[C@H](C)Sc1nc2nc(C)cc(C)n2n1. The largest absolute Gasteiger partial charge is 0.465 e. The summed E-state index contributed by atoms with van der Waals surface area (Å²) in [7, 11) is 0. The smallest absolute Gasteiger partial charge is 0.319 e. The van der Waals surface area contributed by atoms with E-state index < -0.39 is 0 Å². The molecular weight excluding hydrogens is 264 g/mol. The van der Waals surface area contributed by atoms with Gasteiger partial charge in [0, 0.05) is 11.4 Å². The number of hydrogen-bond acceptors (Lipinski definition) is 6. The lowest BCUT2D eigenvalue weighted by atomic mass is 10.4. The molecule has 0 bridgehead atoms. The zero-order valence-corrected chi connectivity index (χ0v) is 12.2. The zero-order chi connectivity index (χ0) is 14.0. The lowest BCUT2D eigenvalue weighted by Gasteiger charge is -2.06. The Bertz CT molecular complexity index is 611. The van der Waals surface area contributed by atoms with Crippen LogP contribution in [0.3, 0.4) is 0 Å². The Morgan fingerprint density at radius 3 is 2.89 bits per heavy atom. The fourth-order valence-corrected chi connectivity index (χ4v) is 2.41. The number of nitrogens with zero attached hydrogens (tertiary/aromatic N) is 4.